The number of halogens is 2. The zero-order valence-corrected chi connectivity index (χ0v) is 14.8. The van der Waals surface area contributed by atoms with Gasteiger partial charge in [-0.05, 0) is 46.3 Å². The van der Waals surface area contributed by atoms with Crippen LogP contribution in [0.4, 0.5) is 5.69 Å². The zero-order valence-electron chi connectivity index (χ0n) is 11.6. The molecule has 2 N–H and O–H groups in total. The molecule has 0 aromatic heterocycles. The van der Waals surface area contributed by atoms with E-state index in [1.54, 1.807) is 36.4 Å². The van der Waals surface area contributed by atoms with Crippen molar-refractivity contribution in [3.63, 3.8) is 0 Å². The Morgan fingerprint density at radius 2 is 1.78 bits per heavy atom. The number of nitrogens with zero attached hydrogens (tertiary/aromatic N) is 1. The predicted molar refractivity (Wildman–Crippen MR) is 93.6 cm³/mol. The second-order valence-electron chi connectivity index (χ2n) is 4.80. The molecule has 5 nitrogen and oxygen atoms in total. The van der Waals surface area contributed by atoms with Crippen molar-refractivity contribution in [2.24, 2.45) is 0 Å². The number of phenols is 1. The first-order valence-corrected chi connectivity index (χ1v) is 8.16. The fraction of sp³-hybridized carbons (Fsp3) is 0. The molecule has 23 heavy (non-hydrogen) atoms. The van der Waals surface area contributed by atoms with Gasteiger partial charge in [-0.2, -0.15) is 0 Å². The average Bonchev–Trinajstić information content (AvgIpc) is 2.81. The molecule has 0 bridgehead atoms. The lowest BCUT2D eigenvalue weighted by atomic mass is 10.1. The van der Waals surface area contributed by atoms with E-state index in [-0.39, 0.29) is 11.3 Å². The second kappa shape index (κ2) is 6.17. The van der Waals surface area contributed by atoms with Gasteiger partial charge in [0.2, 0.25) is 0 Å². The molecule has 7 heteroatoms. The van der Waals surface area contributed by atoms with E-state index in [4.69, 9.17) is 0 Å². The van der Waals surface area contributed by atoms with Crippen LogP contribution in [0.2, 0.25) is 0 Å². The summed E-state index contributed by atoms with van der Waals surface area (Å²) >= 11 is 6.53. The van der Waals surface area contributed by atoms with Crippen LogP contribution in [0.5, 0.6) is 5.75 Å². The summed E-state index contributed by atoms with van der Waals surface area (Å²) in [6.45, 7) is 0. The summed E-state index contributed by atoms with van der Waals surface area (Å²) in [6.07, 6.45) is 1.37. The quantitative estimate of drug-likeness (QED) is 0.559. The van der Waals surface area contributed by atoms with Crippen LogP contribution in [-0.2, 0) is 9.59 Å². The van der Waals surface area contributed by atoms with Gasteiger partial charge in [-0.1, -0.05) is 34.1 Å². The maximum absolute atomic E-state index is 12.5. The smallest absolute Gasteiger partial charge is 0.282 e. The number of hydrogen-bond donors (Lipinski definition) is 2. The summed E-state index contributed by atoms with van der Waals surface area (Å²) in [5.74, 6) is -1.04. The minimum Gasteiger partial charge on any atom is -0.506 e. The lowest BCUT2D eigenvalue weighted by Gasteiger charge is -2.13. The Kier molecular flexibility index (Phi) is 4.23. The first kappa shape index (κ1) is 15.8. The van der Waals surface area contributed by atoms with Gasteiger partial charge >= 0.3 is 0 Å². The molecule has 1 fully saturated rings. The van der Waals surface area contributed by atoms with Crippen molar-refractivity contribution in [2.45, 2.75) is 0 Å². The zero-order chi connectivity index (χ0) is 16.6. The molecular formula is C16H10Br2N2O3. The van der Waals surface area contributed by atoms with Crippen molar-refractivity contribution < 1.29 is 14.7 Å². The number of para-hydroxylation sites is 1. The maximum atomic E-state index is 12.5. The molecule has 0 aliphatic carbocycles. The fourth-order valence-corrected chi connectivity index (χ4v) is 3.43. The number of hydrazine groups is 1. The lowest BCUT2D eigenvalue weighted by molar-refractivity contribution is -0.117. The normalized spacial score (nSPS) is 16.1. The van der Waals surface area contributed by atoms with E-state index in [1.807, 2.05) is 6.07 Å². The number of rotatable bonds is 2. The predicted octanol–water partition coefficient (Wildman–Crippen LogP) is 3.38. The molecule has 1 aliphatic heterocycles. The van der Waals surface area contributed by atoms with Crippen LogP contribution >= 0.6 is 31.9 Å². The van der Waals surface area contributed by atoms with Gasteiger partial charge in [0.1, 0.15) is 11.3 Å². The number of phenolic OH excluding ortho intramolecular Hbond substituents is 1. The van der Waals surface area contributed by atoms with Crippen molar-refractivity contribution in [3.05, 3.63) is 62.5 Å². The molecule has 0 radical (unpaired) electrons. The number of benzene rings is 2. The van der Waals surface area contributed by atoms with Crippen LogP contribution in [0.25, 0.3) is 6.08 Å². The molecule has 1 saturated heterocycles. The van der Waals surface area contributed by atoms with E-state index in [0.717, 1.165) is 0 Å². The molecule has 1 aliphatic rings. The molecule has 0 atom stereocenters. The van der Waals surface area contributed by atoms with Gasteiger partial charge < -0.3 is 5.11 Å². The van der Waals surface area contributed by atoms with E-state index >= 15 is 0 Å². The summed E-state index contributed by atoms with van der Waals surface area (Å²) in [4.78, 5) is 24.6. The summed E-state index contributed by atoms with van der Waals surface area (Å²) in [6, 6.07) is 12.1. The molecular weight excluding hydrogens is 428 g/mol. The number of carbonyl (C=O) groups is 2. The average molecular weight is 438 g/mol. The van der Waals surface area contributed by atoms with Crippen LogP contribution in [-0.4, -0.2) is 16.9 Å². The second-order valence-corrected chi connectivity index (χ2v) is 6.57. The van der Waals surface area contributed by atoms with Crippen LogP contribution in [0.15, 0.2) is 57.0 Å². The van der Waals surface area contributed by atoms with E-state index < -0.39 is 11.8 Å². The Labute approximate surface area is 148 Å². The summed E-state index contributed by atoms with van der Waals surface area (Å²) in [5.41, 5.74) is 3.39. The minimum atomic E-state index is -0.519. The Morgan fingerprint density at radius 1 is 1.09 bits per heavy atom. The first-order valence-electron chi connectivity index (χ1n) is 6.57. The number of hydrogen-bond acceptors (Lipinski definition) is 3. The van der Waals surface area contributed by atoms with E-state index in [0.29, 0.717) is 20.2 Å². The highest BCUT2D eigenvalue weighted by Gasteiger charge is 2.34. The van der Waals surface area contributed by atoms with Crippen molar-refractivity contribution >= 4 is 55.4 Å². The summed E-state index contributed by atoms with van der Waals surface area (Å²) < 4.78 is 1.17. The number of aromatic hydroxyl groups is 1. The third-order valence-corrected chi connectivity index (χ3v) is 4.33. The van der Waals surface area contributed by atoms with Gasteiger partial charge in [-0.15, -0.1) is 0 Å². The largest absolute Gasteiger partial charge is 0.506 e. The van der Waals surface area contributed by atoms with Gasteiger partial charge in [0.05, 0.1) is 10.2 Å². The highest BCUT2D eigenvalue weighted by molar-refractivity contribution is 9.11. The minimum absolute atomic E-state index is 0.0422. The van der Waals surface area contributed by atoms with Gasteiger partial charge in [-0.25, -0.2) is 5.01 Å². The number of carbonyl (C=O) groups excluding carboxylic acids is 2. The molecule has 0 unspecified atom stereocenters. The summed E-state index contributed by atoms with van der Waals surface area (Å²) in [7, 11) is 0. The van der Waals surface area contributed by atoms with Crippen molar-refractivity contribution in [1.82, 2.24) is 5.43 Å². The van der Waals surface area contributed by atoms with Crippen molar-refractivity contribution in [2.75, 3.05) is 5.01 Å². The lowest BCUT2D eigenvalue weighted by Crippen LogP contribution is -2.35. The molecule has 1 heterocycles. The number of amides is 2. The molecule has 0 spiro atoms. The van der Waals surface area contributed by atoms with Crippen molar-refractivity contribution in [1.29, 1.82) is 0 Å². The van der Waals surface area contributed by atoms with Crippen molar-refractivity contribution in [3.8, 4) is 5.75 Å². The fourth-order valence-electron chi connectivity index (χ4n) is 2.17. The van der Waals surface area contributed by atoms with Gasteiger partial charge in [0.15, 0.2) is 0 Å². The molecule has 2 aromatic carbocycles. The van der Waals surface area contributed by atoms with Crippen LogP contribution in [0, 0.1) is 0 Å². The molecule has 116 valence electrons. The van der Waals surface area contributed by atoms with Gasteiger partial charge in [-0.3, -0.25) is 15.0 Å². The monoisotopic (exact) mass is 436 g/mol. The SMILES string of the molecule is O=C1NN(c2ccccc2)C(=O)C1=Cc1cc(Br)cc(Br)c1O. The topological polar surface area (TPSA) is 69.6 Å². The molecule has 2 amide bonds. The highest BCUT2D eigenvalue weighted by atomic mass is 79.9. The van der Waals surface area contributed by atoms with E-state index in [1.165, 1.54) is 11.1 Å². The van der Waals surface area contributed by atoms with Gasteiger partial charge in [0, 0.05) is 10.0 Å². The van der Waals surface area contributed by atoms with E-state index in [9.17, 15) is 14.7 Å². The number of anilines is 1. The Bertz CT molecular complexity index is 835. The van der Waals surface area contributed by atoms with E-state index in [2.05, 4.69) is 37.3 Å². The number of nitrogens with one attached hydrogen (secondary N) is 1. The molecule has 2 aromatic rings. The third kappa shape index (κ3) is 3.02. The highest BCUT2D eigenvalue weighted by Crippen LogP contribution is 2.33. The maximum Gasteiger partial charge on any atom is 0.282 e. The van der Waals surface area contributed by atoms with Crippen LogP contribution in [0.1, 0.15) is 5.56 Å². The Morgan fingerprint density at radius 3 is 2.48 bits per heavy atom. The van der Waals surface area contributed by atoms with Gasteiger partial charge in [0.25, 0.3) is 11.8 Å². The Balaban J connectivity index is 2.01. The standard InChI is InChI=1S/C16H10Br2N2O3/c17-10-6-9(14(21)13(18)8-10)7-12-15(22)19-20(16(12)23)11-4-2-1-3-5-11/h1-8,21H,(H,19,22). The molecule has 3 rings (SSSR count). The van der Waals surface area contributed by atoms with Crippen LogP contribution < -0.4 is 10.4 Å². The molecule has 0 saturated carbocycles. The van der Waals surface area contributed by atoms with Crippen LogP contribution in [0.3, 0.4) is 0 Å². The third-order valence-electron chi connectivity index (χ3n) is 3.26. The Hall–Kier alpha value is -2.12. The first-order chi connectivity index (χ1) is 11.0. The summed E-state index contributed by atoms with van der Waals surface area (Å²) in [5, 5.41) is 11.2.